The highest BCUT2D eigenvalue weighted by Gasteiger charge is 2.22. The van der Waals surface area contributed by atoms with Gasteiger partial charge in [-0.05, 0) is 37.8 Å². The van der Waals surface area contributed by atoms with Crippen LogP contribution in [0.4, 0.5) is 5.69 Å². The molecule has 17 heavy (non-hydrogen) atoms. The van der Waals surface area contributed by atoms with Gasteiger partial charge < -0.3 is 5.32 Å². The van der Waals surface area contributed by atoms with Gasteiger partial charge in [0, 0.05) is 6.04 Å². The smallest absolute Gasteiger partial charge is 0.103 e. The molecule has 0 aliphatic heterocycles. The Morgan fingerprint density at radius 3 is 2.76 bits per heavy atom. The van der Waals surface area contributed by atoms with Gasteiger partial charge in [-0.25, -0.2) is 0 Å². The largest absolute Gasteiger partial charge is 0.381 e. The van der Waals surface area contributed by atoms with Crippen LogP contribution in [-0.2, 0) is 0 Å². The molecular weight excluding hydrogens is 232 g/mol. The lowest BCUT2D eigenvalue weighted by Crippen LogP contribution is -2.24. The van der Waals surface area contributed by atoms with Crippen molar-refractivity contribution in [1.82, 2.24) is 0 Å². The number of nitrogens with zero attached hydrogens (tertiary/aromatic N) is 1. The van der Waals surface area contributed by atoms with E-state index in [2.05, 4.69) is 18.3 Å². The van der Waals surface area contributed by atoms with E-state index in [9.17, 15) is 0 Å². The van der Waals surface area contributed by atoms with Gasteiger partial charge in [0.2, 0.25) is 0 Å². The summed E-state index contributed by atoms with van der Waals surface area (Å²) < 4.78 is 0. The molecule has 2 nitrogen and oxygen atoms in total. The predicted octanol–water partition coefficient (Wildman–Crippen LogP) is 4.20. The van der Waals surface area contributed by atoms with Crippen LogP contribution in [-0.4, -0.2) is 6.04 Å². The zero-order valence-electron chi connectivity index (χ0n) is 10.0. The Hall–Kier alpha value is -1.20. The van der Waals surface area contributed by atoms with E-state index in [1.54, 1.807) is 6.07 Å². The fourth-order valence-electron chi connectivity index (χ4n) is 2.58. The number of nitrogens with one attached hydrogen (secondary N) is 1. The van der Waals surface area contributed by atoms with E-state index in [1.807, 2.05) is 12.1 Å². The van der Waals surface area contributed by atoms with Crippen LogP contribution in [0, 0.1) is 17.2 Å². The Bertz CT molecular complexity index is 430. The topological polar surface area (TPSA) is 35.8 Å². The molecule has 3 heteroatoms. The van der Waals surface area contributed by atoms with E-state index in [0.29, 0.717) is 16.6 Å². The first-order valence-corrected chi connectivity index (χ1v) is 6.55. The van der Waals surface area contributed by atoms with Crippen LogP contribution in [0.15, 0.2) is 18.2 Å². The third kappa shape index (κ3) is 2.73. The highest BCUT2D eigenvalue weighted by molar-refractivity contribution is 6.32. The molecule has 1 aromatic rings. The van der Waals surface area contributed by atoms with Gasteiger partial charge in [-0.1, -0.05) is 30.5 Å². The molecule has 1 aliphatic rings. The first-order valence-electron chi connectivity index (χ1n) is 6.17. The molecule has 0 aromatic heterocycles. The zero-order chi connectivity index (χ0) is 12.3. The molecule has 1 aliphatic carbocycles. The second kappa shape index (κ2) is 5.42. The monoisotopic (exact) mass is 248 g/mol. The van der Waals surface area contributed by atoms with Gasteiger partial charge in [-0.3, -0.25) is 0 Å². The Kier molecular flexibility index (Phi) is 3.91. The summed E-state index contributed by atoms with van der Waals surface area (Å²) in [4.78, 5) is 0. The summed E-state index contributed by atoms with van der Waals surface area (Å²) in [5, 5.41) is 13.1. The fourth-order valence-corrected chi connectivity index (χ4v) is 2.80. The van der Waals surface area contributed by atoms with E-state index >= 15 is 0 Å². The van der Waals surface area contributed by atoms with Gasteiger partial charge >= 0.3 is 0 Å². The second-order valence-electron chi connectivity index (χ2n) is 4.75. The highest BCUT2D eigenvalue weighted by atomic mass is 35.5. The highest BCUT2D eigenvalue weighted by Crippen LogP contribution is 2.31. The molecule has 90 valence electrons. The van der Waals surface area contributed by atoms with Crippen LogP contribution in [0.25, 0.3) is 0 Å². The van der Waals surface area contributed by atoms with E-state index in [1.165, 1.54) is 25.7 Å². The molecule has 2 rings (SSSR count). The zero-order valence-corrected chi connectivity index (χ0v) is 10.8. The van der Waals surface area contributed by atoms with Crippen LogP contribution in [0.1, 0.15) is 38.2 Å². The van der Waals surface area contributed by atoms with Gasteiger partial charge in [-0.15, -0.1) is 0 Å². The third-order valence-electron chi connectivity index (χ3n) is 3.62. The number of nitriles is 1. The van der Waals surface area contributed by atoms with Crippen molar-refractivity contribution < 1.29 is 0 Å². The van der Waals surface area contributed by atoms with Crippen LogP contribution < -0.4 is 5.32 Å². The Balaban J connectivity index is 2.13. The molecule has 0 radical (unpaired) electrons. The molecule has 1 aromatic carbocycles. The van der Waals surface area contributed by atoms with E-state index < -0.39 is 0 Å². The number of benzene rings is 1. The lowest BCUT2D eigenvalue weighted by molar-refractivity contribution is 0.482. The fraction of sp³-hybridized carbons (Fsp3) is 0.500. The molecule has 0 spiro atoms. The molecule has 1 fully saturated rings. The number of rotatable bonds is 3. The van der Waals surface area contributed by atoms with Crippen LogP contribution in [0.5, 0.6) is 0 Å². The lowest BCUT2D eigenvalue weighted by Gasteiger charge is -2.22. The summed E-state index contributed by atoms with van der Waals surface area (Å²) >= 11 is 6.01. The van der Waals surface area contributed by atoms with E-state index in [-0.39, 0.29) is 0 Å². The van der Waals surface area contributed by atoms with Crippen molar-refractivity contribution in [3.8, 4) is 6.07 Å². The van der Waals surface area contributed by atoms with Crippen molar-refractivity contribution in [2.24, 2.45) is 5.92 Å². The number of halogens is 1. The van der Waals surface area contributed by atoms with Gasteiger partial charge in [-0.2, -0.15) is 5.26 Å². The standard InChI is InChI=1S/C14H17ClN2/c1-10(11-5-2-3-6-11)17-14-8-4-7-13(15)12(14)9-16/h4,7-8,10-11,17H,2-3,5-6H2,1H3. The van der Waals surface area contributed by atoms with Gasteiger partial charge in [0.25, 0.3) is 0 Å². The summed E-state index contributed by atoms with van der Waals surface area (Å²) in [7, 11) is 0. The molecule has 1 atom stereocenters. The number of anilines is 1. The van der Waals surface area contributed by atoms with Gasteiger partial charge in [0.1, 0.15) is 6.07 Å². The van der Waals surface area contributed by atoms with Crippen molar-refractivity contribution in [2.75, 3.05) is 5.32 Å². The van der Waals surface area contributed by atoms with E-state index in [4.69, 9.17) is 16.9 Å². The van der Waals surface area contributed by atoms with Gasteiger partial charge in [0.15, 0.2) is 0 Å². The molecule has 1 N–H and O–H groups in total. The Morgan fingerprint density at radius 2 is 2.12 bits per heavy atom. The first kappa shape index (κ1) is 12.3. The molecule has 0 amide bonds. The summed E-state index contributed by atoms with van der Waals surface area (Å²) in [6.07, 6.45) is 5.24. The summed E-state index contributed by atoms with van der Waals surface area (Å²) in [5.41, 5.74) is 1.42. The predicted molar refractivity (Wildman–Crippen MR) is 71.2 cm³/mol. The van der Waals surface area contributed by atoms with Gasteiger partial charge in [0.05, 0.1) is 16.3 Å². The summed E-state index contributed by atoms with van der Waals surface area (Å²) in [5.74, 6) is 0.723. The first-order chi connectivity index (χ1) is 8.22. The SMILES string of the molecule is CC(Nc1cccc(Cl)c1C#N)C1CCCC1. The summed E-state index contributed by atoms with van der Waals surface area (Å²) in [6, 6.07) is 8.13. The molecule has 1 unspecified atom stereocenters. The summed E-state index contributed by atoms with van der Waals surface area (Å²) in [6.45, 7) is 2.19. The van der Waals surface area contributed by atoms with Crippen LogP contribution in [0.2, 0.25) is 5.02 Å². The lowest BCUT2D eigenvalue weighted by atomic mass is 9.99. The van der Waals surface area contributed by atoms with Crippen molar-refractivity contribution >= 4 is 17.3 Å². The normalized spacial score (nSPS) is 17.7. The maximum atomic E-state index is 9.10. The average Bonchev–Trinajstić information content (AvgIpc) is 2.82. The van der Waals surface area contributed by atoms with Crippen LogP contribution >= 0.6 is 11.6 Å². The molecule has 1 saturated carbocycles. The minimum absolute atomic E-state index is 0.406. The Labute approximate surface area is 108 Å². The second-order valence-corrected chi connectivity index (χ2v) is 5.16. The maximum Gasteiger partial charge on any atom is 0.103 e. The minimum atomic E-state index is 0.406. The molecule has 0 saturated heterocycles. The maximum absolute atomic E-state index is 9.10. The molecule has 0 heterocycles. The van der Waals surface area contributed by atoms with Crippen molar-refractivity contribution in [3.05, 3.63) is 28.8 Å². The van der Waals surface area contributed by atoms with Crippen molar-refractivity contribution in [2.45, 2.75) is 38.6 Å². The van der Waals surface area contributed by atoms with Crippen LogP contribution in [0.3, 0.4) is 0 Å². The van der Waals surface area contributed by atoms with E-state index in [0.717, 1.165) is 11.6 Å². The van der Waals surface area contributed by atoms with Crippen molar-refractivity contribution in [3.63, 3.8) is 0 Å². The van der Waals surface area contributed by atoms with Crippen molar-refractivity contribution in [1.29, 1.82) is 5.26 Å². The third-order valence-corrected chi connectivity index (χ3v) is 3.93. The molecular formula is C14H17ClN2. The quantitative estimate of drug-likeness (QED) is 0.870. The number of hydrogen-bond acceptors (Lipinski definition) is 2. The minimum Gasteiger partial charge on any atom is -0.381 e. The average molecular weight is 249 g/mol. The number of hydrogen-bond donors (Lipinski definition) is 1. The molecule has 0 bridgehead atoms. The Morgan fingerprint density at radius 1 is 1.41 bits per heavy atom.